The van der Waals surface area contributed by atoms with Crippen LogP contribution in [-0.2, 0) is 10.0 Å². The number of sulfonamides is 1. The molecule has 0 aliphatic rings. The summed E-state index contributed by atoms with van der Waals surface area (Å²) in [6.45, 7) is 2.67. The highest BCUT2D eigenvalue weighted by Gasteiger charge is 2.19. The fourth-order valence-electron chi connectivity index (χ4n) is 1.46. The molecule has 2 rings (SSSR count). The van der Waals surface area contributed by atoms with Gasteiger partial charge in [-0.3, -0.25) is 9.71 Å². The lowest BCUT2D eigenvalue weighted by atomic mass is 10.4. The van der Waals surface area contributed by atoms with E-state index in [2.05, 4.69) is 24.7 Å². The van der Waals surface area contributed by atoms with Crippen molar-refractivity contribution in [3.8, 4) is 0 Å². The maximum atomic E-state index is 12.2. The molecule has 0 unspecified atom stereocenters. The summed E-state index contributed by atoms with van der Waals surface area (Å²) in [5.74, 6) is 0.130. The smallest absolute Gasteiger partial charge is 0.266 e. The fourth-order valence-corrected chi connectivity index (χ4v) is 2.58. The van der Waals surface area contributed by atoms with Gasteiger partial charge in [0, 0.05) is 25.0 Å². The van der Waals surface area contributed by atoms with Crippen molar-refractivity contribution < 1.29 is 12.9 Å². The van der Waals surface area contributed by atoms with Gasteiger partial charge in [0.05, 0.1) is 5.69 Å². The van der Waals surface area contributed by atoms with E-state index in [0.29, 0.717) is 12.2 Å². The Balaban J connectivity index is 2.29. The summed E-state index contributed by atoms with van der Waals surface area (Å²) in [4.78, 5) is 3.92. The van der Waals surface area contributed by atoms with Gasteiger partial charge in [-0.05, 0) is 12.5 Å². The number of aromatic nitrogens is 2. The number of anilines is 2. The molecule has 2 aromatic rings. The third kappa shape index (κ3) is 3.22. The fraction of sp³-hybridized carbons (Fsp3) is 0.273. The molecule has 7 nitrogen and oxygen atoms in total. The van der Waals surface area contributed by atoms with Crippen LogP contribution in [0.15, 0.2) is 40.2 Å². The molecule has 0 bridgehead atoms. The second kappa shape index (κ2) is 5.70. The minimum atomic E-state index is -3.74. The maximum absolute atomic E-state index is 12.2. The van der Waals surface area contributed by atoms with Gasteiger partial charge in [-0.15, -0.1) is 0 Å². The molecular formula is C11H14N4O3S. The van der Waals surface area contributed by atoms with Gasteiger partial charge in [0.25, 0.3) is 10.0 Å². The van der Waals surface area contributed by atoms with E-state index in [1.54, 1.807) is 6.07 Å². The highest BCUT2D eigenvalue weighted by molar-refractivity contribution is 7.92. The zero-order chi connectivity index (χ0) is 13.7. The van der Waals surface area contributed by atoms with Crippen LogP contribution in [0.1, 0.15) is 13.3 Å². The van der Waals surface area contributed by atoms with Crippen molar-refractivity contribution in [1.82, 2.24) is 10.1 Å². The predicted molar refractivity (Wildman–Crippen MR) is 70.3 cm³/mol. The first-order valence-corrected chi connectivity index (χ1v) is 7.23. The Morgan fingerprint density at radius 1 is 1.37 bits per heavy atom. The van der Waals surface area contributed by atoms with Crippen molar-refractivity contribution in [2.24, 2.45) is 0 Å². The quantitative estimate of drug-likeness (QED) is 0.836. The molecule has 2 aromatic heterocycles. The lowest BCUT2D eigenvalue weighted by molar-refractivity contribution is 0.423. The Hall–Kier alpha value is -2.09. The van der Waals surface area contributed by atoms with E-state index >= 15 is 0 Å². The molecule has 0 spiro atoms. The molecule has 0 aliphatic carbocycles. The summed E-state index contributed by atoms with van der Waals surface area (Å²) >= 11 is 0. The Kier molecular flexibility index (Phi) is 4.00. The van der Waals surface area contributed by atoms with E-state index < -0.39 is 10.0 Å². The molecule has 2 heterocycles. The van der Waals surface area contributed by atoms with Crippen LogP contribution in [0.3, 0.4) is 0 Å². The summed E-state index contributed by atoms with van der Waals surface area (Å²) in [7, 11) is -3.74. The monoisotopic (exact) mass is 282 g/mol. The Morgan fingerprint density at radius 2 is 2.21 bits per heavy atom. The summed E-state index contributed by atoms with van der Waals surface area (Å²) in [5, 5.41) is 6.56. The number of hydrogen-bond donors (Lipinski definition) is 2. The molecule has 0 atom stereocenters. The van der Waals surface area contributed by atoms with Gasteiger partial charge in [-0.1, -0.05) is 12.1 Å². The van der Waals surface area contributed by atoms with Crippen molar-refractivity contribution in [2.45, 2.75) is 18.2 Å². The maximum Gasteiger partial charge on any atom is 0.266 e. The average molecular weight is 282 g/mol. The van der Waals surface area contributed by atoms with E-state index in [0.717, 1.165) is 6.42 Å². The first-order valence-electron chi connectivity index (χ1n) is 5.74. The van der Waals surface area contributed by atoms with Gasteiger partial charge in [0.1, 0.15) is 11.2 Å². The van der Waals surface area contributed by atoms with E-state index in [-0.39, 0.29) is 10.7 Å². The van der Waals surface area contributed by atoms with Crippen molar-refractivity contribution in [3.63, 3.8) is 0 Å². The van der Waals surface area contributed by atoms with Gasteiger partial charge < -0.3 is 9.84 Å². The van der Waals surface area contributed by atoms with Gasteiger partial charge in [0.2, 0.25) is 0 Å². The van der Waals surface area contributed by atoms with Crippen molar-refractivity contribution in [1.29, 1.82) is 0 Å². The standard InChI is InChI=1S/C11H14N4O3S/c1-2-5-13-9-3-6-12-8-10(9)19(16,17)15-11-4-7-18-14-11/h3-4,6-8H,2,5H2,1H3,(H,12,13)(H,14,15). The van der Waals surface area contributed by atoms with E-state index in [1.165, 1.54) is 24.7 Å². The topological polar surface area (TPSA) is 97.1 Å². The average Bonchev–Trinajstić information content (AvgIpc) is 2.88. The third-order valence-corrected chi connectivity index (χ3v) is 3.70. The van der Waals surface area contributed by atoms with E-state index in [1.807, 2.05) is 6.92 Å². The lowest BCUT2D eigenvalue weighted by Crippen LogP contribution is -2.16. The van der Waals surface area contributed by atoms with Gasteiger partial charge >= 0.3 is 0 Å². The molecule has 0 aliphatic heterocycles. The van der Waals surface area contributed by atoms with Crippen molar-refractivity contribution in [3.05, 3.63) is 30.8 Å². The van der Waals surface area contributed by atoms with Gasteiger partial charge in [-0.25, -0.2) is 8.42 Å². The molecule has 19 heavy (non-hydrogen) atoms. The summed E-state index contributed by atoms with van der Waals surface area (Å²) in [6.07, 6.45) is 5.00. The molecule has 0 fully saturated rings. The van der Waals surface area contributed by atoms with E-state index in [9.17, 15) is 8.42 Å². The van der Waals surface area contributed by atoms with Gasteiger partial charge in [0.15, 0.2) is 5.82 Å². The van der Waals surface area contributed by atoms with Crippen LogP contribution in [0.4, 0.5) is 11.5 Å². The van der Waals surface area contributed by atoms with Crippen LogP contribution in [0.25, 0.3) is 0 Å². The number of rotatable bonds is 6. The summed E-state index contributed by atoms with van der Waals surface area (Å²) in [5.41, 5.74) is 0.507. The van der Waals surface area contributed by atoms with Crippen LogP contribution < -0.4 is 10.0 Å². The second-order valence-corrected chi connectivity index (χ2v) is 5.44. The molecule has 0 saturated heterocycles. The van der Waals surface area contributed by atoms with Crippen LogP contribution in [0.5, 0.6) is 0 Å². The van der Waals surface area contributed by atoms with E-state index in [4.69, 9.17) is 0 Å². The molecule has 8 heteroatoms. The summed E-state index contributed by atoms with van der Waals surface area (Å²) < 4.78 is 31.3. The molecule has 2 N–H and O–H groups in total. The van der Waals surface area contributed by atoms with Crippen molar-refractivity contribution in [2.75, 3.05) is 16.6 Å². The number of nitrogens with one attached hydrogen (secondary N) is 2. The van der Waals surface area contributed by atoms with Crippen LogP contribution in [-0.4, -0.2) is 25.1 Å². The molecule has 0 radical (unpaired) electrons. The highest BCUT2D eigenvalue weighted by atomic mass is 32.2. The van der Waals surface area contributed by atoms with Gasteiger partial charge in [-0.2, -0.15) is 0 Å². The summed E-state index contributed by atoms with van der Waals surface area (Å²) in [6, 6.07) is 3.04. The van der Waals surface area contributed by atoms with Crippen LogP contribution in [0.2, 0.25) is 0 Å². The zero-order valence-electron chi connectivity index (χ0n) is 10.3. The normalized spacial score (nSPS) is 11.2. The Bertz CT molecular complexity index is 625. The second-order valence-electron chi connectivity index (χ2n) is 3.79. The Labute approximate surface area is 111 Å². The molecule has 0 saturated carbocycles. The first kappa shape index (κ1) is 13.3. The van der Waals surface area contributed by atoms with Crippen LogP contribution in [0, 0.1) is 0 Å². The molecule has 0 amide bonds. The predicted octanol–water partition coefficient (Wildman–Crippen LogP) is 1.69. The number of pyridine rings is 1. The largest absolute Gasteiger partial charge is 0.384 e. The molecule has 0 aromatic carbocycles. The first-order chi connectivity index (χ1) is 9.13. The minimum Gasteiger partial charge on any atom is -0.384 e. The minimum absolute atomic E-state index is 0.0754. The van der Waals surface area contributed by atoms with Crippen molar-refractivity contribution >= 4 is 21.5 Å². The molecule has 102 valence electrons. The number of hydrogen-bond acceptors (Lipinski definition) is 6. The Morgan fingerprint density at radius 3 is 2.89 bits per heavy atom. The third-order valence-electron chi connectivity index (χ3n) is 2.32. The lowest BCUT2D eigenvalue weighted by Gasteiger charge is -2.11. The zero-order valence-corrected chi connectivity index (χ0v) is 11.1. The molecular weight excluding hydrogens is 268 g/mol. The van der Waals surface area contributed by atoms with Crippen LogP contribution >= 0.6 is 0 Å². The highest BCUT2D eigenvalue weighted by Crippen LogP contribution is 2.21. The number of nitrogens with zero attached hydrogens (tertiary/aromatic N) is 2. The SMILES string of the molecule is CCCNc1ccncc1S(=O)(=O)Nc1ccon1.